The first-order valence-corrected chi connectivity index (χ1v) is 5.66. The lowest BCUT2D eigenvalue weighted by molar-refractivity contribution is -0.385. The standard InChI is InChI=1S/C10H10BrF3N2O2/c1-15(6-10(12,13)14)5-7-2-3-8(11)9(4-7)16(17)18/h2-4H,5-6H2,1H3. The summed E-state index contributed by atoms with van der Waals surface area (Å²) in [6.45, 7) is -1.06. The van der Waals surface area contributed by atoms with E-state index in [-0.39, 0.29) is 12.2 Å². The summed E-state index contributed by atoms with van der Waals surface area (Å²) in [6.07, 6.45) is -4.28. The molecular formula is C10H10BrF3N2O2. The fourth-order valence-corrected chi connectivity index (χ4v) is 1.86. The van der Waals surface area contributed by atoms with Crippen molar-refractivity contribution in [2.75, 3.05) is 13.6 Å². The maximum absolute atomic E-state index is 12.1. The number of benzene rings is 1. The molecule has 0 aliphatic heterocycles. The molecule has 100 valence electrons. The lowest BCUT2D eigenvalue weighted by Crippen LogP contribution is -2.30. The lowest BCUT2D eigenvalue weighted by Gasteiger charge is -2.18. The fraction of sp³-hybridized carbons (Fsp3) is 0.400. The van der Waals surface area contributed by atoms with Crippen LogP contribution in [-0.4, -0.2) is 29.6 Å². The highest BCUT2D eigenvalue weighted by molar-refractivity contribution is 9.10. The molecule has 0 spiro atoms. The Morgan fingerprint density at radius 3 is 2.56 bits per heavy atom. The monoisotopic (exact) mass is 326 g/mol. The minimum absolute atomic E-state index is 0.00632. The predicted octanol–water partition coefficient (Wildman–Crippen LogP) is 3.35. The Kier molecular flexibility index (Phi) is 4.69. The molecule has 0 N–H and O–H groups in total. The van der Waals surface area contributed by atoms with Gasteiger partial charge in [-0.2, -0.15) is 13.2 Å². The summed E-state index contributed by atoms with van der Waals surface area (Å²) in [5, 5.41) is 10.7. The molecule has 0 saturated carbocycles. The Labute approximate surface area is 110 Å². The molecule has 18 heavy (non-hydrogen) atoms. The number of nitrogens with zero attached hydrogens (tertiary/aromatic N) is 2. The van der Waals surface area contributed by atoms with Gasteiger partial charge in [0.15, 0.2) is 0 Å². The van der Waals surface area contributed by atoms with Crippen LogP contribution < -0.4 is 0 Å². The SMILES string of the molecule is CN(Cc1ccc(Br)c([N+](=O)[O-])c1)CC(F)(F)F. The summed E-state index contributed by atoms with van der Waals surface area (Å²) in [6, 6.07) is 4.26. The first-order valence-electron chi connectivity index (χ1n) is 4.87. The summed E-state index contributed by atoms with van der Waals surface area (Å²) < 4.78 is 36.7. The topological polar surface area (TPSA) is 46.4 Å². The van der Waals surface area contributed by atoms with Crippen molar-refractivity contribution < 1.29 is 18.1 Å². The summed E-state index contributed by atoms with van der Waals surface area (Å²) >= 11 is 3.01. The maximum Gasteiger partial charge on any atom is 0.401 e. The van der Waals surface area contributed by atoms with Crippen molar-refractivity contribution >= 4 is 21.6 Å². The van der Waals surface area contributed by atoms with Crippen LogP contribution in [0.25, 0.3) is 0 Å². The quantitative estimate of drug-likeness (QED) is 0.629. The highest BCUT2D eigenvalue weighted by atomic mass is 79.9. The van der Waals surface area contributed by atoms with Crippen LogP contribution >= 0.6 is 15.9 Å². The third-order valence-electron chi connectivity index (χ3n) is 2.11. The van der Waals surface area contributed by atoms with Gasteiger partial charge in [0.25, 0.3) is 5.69 Å². The van der Waals surface area contributed by atoms with Crippen molar-refractivity contribution in [3.63, 3.8) is 0 Å². The molecule has 1 aromatic rings. The van der Waals surface area contributed by atoms with Crippen LogP contribution in [0.3, 0.4) is 0 Å². The number of hydrogen-bond donors (Lipinski definition) is 0. The molecule has 8 heteroatoms. The van der Waals surface area contributed by atoms with E-state index in [0.717, 1.165) is 4.90 Å². The first-order chi connectivity index (χ1) is 8.19. The van der Waals surface area contributed by atoms with Gasteiger partial charge in [-0.25, -0.2) is 0 Å². The summed E-state index contributed by atoms with van der Waals surface area (Å²) in [5.41, 5.74) is 0.296. The van der Waals surface area contributed by atoms with E-state index in [0.29, 0.717) is 10.0 Å². The third-order valence-corrected chi connectivity index (χ3v) is 2.78. The van der Waals surface area contributed by atoms with E-state index >= 15 is 0 Å². The average Bonchev–Trinajstić information content (AvgIpc) is 2.17. The number of hydrogen-bond acceptors (Lipinski definition) is 3. The number of nitro groups is 1. The zero-order valence-electron chi connectivity index (χ0n) is 9.37. The van der Waals surface area contributed by atoms with Crippen molar-refractivity contribution in [1.29, 1.82) is 0 Å². The minimum Gasteiger partial charge on any atom is -0.294 e. The Hall–Kier alpha value is -1.15. The molecule has 0 fully saturated rings. The molecule has 0 aliphatic rings. The van der Waals surface area contributed by atoms with Crippen LogP contribution in [0.1, 0.15) is 5.56 Å². The maximum atomic E-state index is 12.1. The van der Waals surface area contributed by atoms with Crippen LogP contribution in [0, 0.1) is 10.1 Å². The minimum atomic E-state index is -4.28. The predicted molar refractivity (Wildman–Crippen MR) is 63.2 cm³/mol. The molecule has 0 aromatic heterocycles. The second kappa shape index (κ2) is 5.66. The molecule has 0 radical (unpaired) electrons. The van der Waals surface area contributed by atoms with E-state index in [4.69, 9.17) is 0 Å². The molecule has 0 unspecified atom stereocenters. The van der Waals surface area contributed by atoms with E-state index in [9.17, 15) is 23.3 Å². The zero-order chi connectivity index (χ0) is 13.9. The first kappa shape index (κ1) is 14.9. The van der Waals surface area contributed by atoms with Gasteiger partial charge in [0.05, 0.1) is 15.9 Å². The van der Waals surface area contributed by atoms with Crippen molar-refractivity contribution in [1.82, 2.24) is 4.90 Å². The molecule has 0 bridgehead atoms. The molecule has 1 aromatic carbocycles. The molecule has 0 saturated heterocycles. The van der Waals surface area contributed by atoms with Gasteiger partial charge in [-0.1, -0.05) is 6.07 Å². The van der Waals surface area contributed by atoms with Gasteiger partial charge in [0.1, 0.15) is 0 Å². The largest absolute Gasteiger partial charge is 0.401 e. The van der Waals surface area contributed by atoms with Gasteiger partial charge in [-0.15, -0.1) is 0 Å². The highest BCUT2D eigenvalue weighted by Gasteiger charge is 2.29. The number of halogens is 4. The van der Waals surface area contributed by atoms with Gasteiger partial charge in [0, 0.05) is 12.6 Å². The molecular weight excluding hydrogens is 317 g/mol. The molecule has 0 heterocycles. The van der Waals surface area contributed by atoms with Gasteiger partial charge >= 0.3 is 6.18 Å². The Balaban J connectivity index is 2.80. The van der Waals surface area contributed by atoms with E-state index in [1.807, 2.05) is 0 Å². The van der Waals surface area contributed by atoms with E-state index in [1.54, 1.807) is 6.07 Å². The Bertz CT molecular complexity index is 451. The van der Waals surface area contributed by atoms with Crippen LogP contribution in [-0.2, 0) is 6.54 Å². The van der Waals surface area contributed by atoms with Crippen molar-refractivity contribution in [3.8, 4) is 0 Å². The zero-order valence-corrected chi connectivity index (χ0v) is 11.0. The van der Waals surface area contributed by atoms with Crippen LogP contribution in [0.5, 0.6) is 0 Å². The summed E-state index contributed by atoms with van der Waals surface area (Å²) in [7, 11) is 1.31. The molecule has 1 rings (SSSR count). The molecule has 4 nitrogen and oxygen atoms in total. The van der Waals surface area contributed by atoms with Crippen LogP contribution in [0.15, 0.2) is 22.7 Å². The van der Waals surface area contributed by atoms with E-state index < -0.39 is 17.6 Å². The van der Waals surface area contributed by atoms with E-state index in [1.165, 1.54) is 19.2 Å². The van der Waals surface area contributed by atoms with Gasteiger partial charge in [-0.05, 0) is 34.6 Å². The van der Waals surface area contributed by atoms with Gasteiger partial charge in [0.2, 0.25) is 0 Å². The van der Waals surface area contributed by atoms with Gasteiger partial charge < -0.3 is 0 Å². The second-order valence-corrected chi connectivity index (χ2v) is 4.68. The fourth-order valence-electron chi connectivity index (χ4n) is 1.47. The summed E-state index contributed by atoms with van der Waals surface area (Å²) in [4.78, 5) is 11.1. The molecule has 0 atom stereocenters. The van der Waals surface area contributed by atoms with E-state index in [2.05, 4.69) is 15.9 Å². The Morgan fingerprint density at radius 1 is 1.44 bits per heavy atom. The Morgan fingerprint density at radius 2 is 2.06 bits per heavy atom. The molecule has 0 amide bonds. The normalized spacial score (nSPS) is 11.9. The third kappa shape index (κ3) is 4.61. The smallest absolute Gasteiger partial charge is 0.294 e. The number of nitro benzene ring substituents is 1. The highest BCUT2D eigenvalue weighted by Crippen LogP contribution is 2.26. The van der Waals surface area contributed by atoms with Crippen LogP contribution in [0.2, 0.25) is 0 Å². The summed E-state index contributed by atoms with van der Waals surface area (Å²) in [5.74, 6) is 0. The van der Waals surface area contributed by atoms with Crippen molar-refractivity contribution in [2.24, 2.45) is 0 Å². The number of alkyl halides is 3. The second-order valence-electron chi connectivity index (χ2n) is 3.83. The van der Waals surface area contributed by atoms with Crippen molar-refractivity contribution in [2.45, 2.75) is 12.7 Å². The lowest BCUT2D eigenvalue weighted by atomic mass is 10.2. The average molecular weight is 327 g/mol. The van der Waals surface area contributed by atoms with Gasteiger partial charge in [-0.3, -0.25) is 15.0 Å². The number of rotatable bonds is 4. The van der Waals surface area contributed by atoms with Crippen LogP contribution in [0.4, 0.5) is 18.9 Å². The molecule has 0 aliphatic carbocycles. The van der Waals surface area contributed by atoms with Crippen molar-refractivity contribution in [3.05, 3.63) is 38.3 Å².